The molecule has 134 valence electrons. The van der Waals surface area contributed by atoms with Crippen LogP contribution in [0.5, 0.6) is 0 Å². The standard InChI is InChI=1S/C15H15F3N4O3/c1-24-5-4-12-20-13(25-21-12)11-6-15(17,18)8-22(11)14(23)10-3-2-9(16)7-19-10/h2-3,7,11H,4-6,8H2,1H3/t11-/m0/s1. The Balaban J connectivity index is 1.84. The summed E-state index contributed by atoms with van der Waals surface area (Å²) in [5, 5.41) is 3.71. The molecule has 2 aromatic heterocycles. The molecule has 1 saturated heterocycles. The van der Waals surface area contributed by atoms with E-state index in [1.807, 2.05) is 0 Å². The highest BCUT2D eigenvalue weighted by Gasteiger charge is 2.50. The van der Waals surface area contributed by atoms with Crippen LogP contribution < -0.4 is 0 Å². The smallest absolute Gasteiger partial charge is 0.273 e. The average Bonchev–Trinajstić information content (AvgIpc) is 3.16. The van der Waals surface area contributed by atoms with E-state index in [1.165, 1.54) is 7.11 Å². The van der Waals surface area contributed by atoms with Crippen molar-refractivity contribution in [3.63, 3.8) is 0 Å². The van der Waals surface area contributed by atoms with E-state index in [9.17, 15) is 18.0 Å². The molecule has 10 heteroatoms. The molecule has 0 aromatic carbocycles. The molecular formula is C15H15F3N4O3. The lowest BCUT2D eigenvalue weighted by Crippen LogP contribution is -2.33. The van der Waals surface area contributed by atoms with Gasteiger partial charge in [-0.2, -0.15) is 4.98 Å². The first-order chi connectivity index (χ1) is 11.9. The maximum atomic E-state index is 13.9. The van der Waals surface area contributed by atoms with Crippen LogP contribution in [-0.2, 0) is 11.2 Å². The van der Waals surface area contributed by atoms with Gasteiger partial charge < -0.3 is 14.2 Å². The minimum Gasteiger partial charge on any atom is -0.384 e. The first-order valence-corrected chi connectivity index (χ1v) is 7.51. The summed E-state index contributed by atoms with van der Waals surface area (Å²) in [6.45, 7) is -0.451. The summed E-state index contributed by atoms with van der Waals surface area (Å²) in [6, 6.07) is 1.11. The molecule has 0 spiro atoms. The van der Waals surface area contributed by atoms with Crippen molar-refractivity contribution < 1.29 is 27.2 Å². The van der Waals surface area contributed by atoms with Crippen LogP contribution in [0.4, 0.5) is 13.2 Å². The SMILES string of the molecule is COCCc1noc([C@@H]2CC(F)(F)CN2C(=O)c2ccc(F)cn2)n1. The maximum absolute atomic E-state index is 13.9. The molecule has 1 aliphatic heterocycles. The van der Waals surface area contributed by atoms with Crippen molar-refractivity contribution in [3.8, 4) is 0 Å². The molecule has 1 atom stereocenters. The number of methoxy groups -OCH3 is 1. The minimum absolute atomic E-state index is 0.0706. The highest BCUT2D eigenvalue weighted by Crippen LogP contribution is 2.41. The van der Waals surface area contributed by atoms with E-state index in [0.29, 0.717) is 18.9 Å². The van der Waals surface area contributed by atoms with Crippen LogP contribution in [0.25, 0.3) is 0 Å². The highest BCUT2D eigenvalue weighted by atomic mass is 19.3. The van der Waals surface area contributed by atoms with Crippen molar-refractivity contribution in [2.75, 3.05) is 20.3 Å². The predicted molar refractivity (Wildman–Crippen MR) is 77.4 cm³/mol. The van der Waals surface area contributed by atoms with Crippen LogP contribution in [0.15, 0.2) is 22.9 Å². The Kier molecular flexibility index (Phi) is 4.71. The van der Waals surface area contributed by atoms with E-state index in [4.69, 9.17) is 9.26 Å². The number of carbonyl (C=O) groups excluding carboxylic acids is 1. The van der Waals surface area contributed by atoms with E-state index < -0.39 is 36.7 Å². The third-order valence-corrected chi connectivity index (χ3v) is 3.78. The van der Waals surface area contributed by atoms with Gasteiger partial charge in [-0.15, -0.1) is 0 Å². The molecule has 0 aliphatic carbocycles. The van der Waals surface area contributed by atoms with Gasteiger partial charge in [0.05, 0.1) is 19.3 Å². The number of amides is 1. The summed E-state index contributed by atoms with van der Waals surface area (Å²) in [5.74, 6) is -4.24. The largest absolute Gasteiger partial charge is 0.384 e. The lowest BCUT2D eigenvalue weighted by molar-refractivity contribution is 0.0116. The van der Waals surface area contributed by atoms with Gasteiger partial charge in [-0.1, -0.05) is 5.16 Å². The number of nitrogens with zero attached hydrogens (tertiary/aromatic N) is 4. The second-order valence-electron chi connectivity index (χ2n) is 5.66. The summed E-state index contributed by atoms with van der Waals surface area (Å²) in [7, 11) is 1.51. The molecule has 7 nitrogen and oxygen atoms in total. The zero-order valence-corrected chi connectivity index (χ0v) is 13.3. The van der Waals surface area contributed by atoms with Crippen LogP contribution in [0, 0.1) is 5.82 Å². The number of ether oxygens (including phenoxy) is 1. The maximum Gasteiger partial charge on any atom is 0.273 e. The Labute approximate surface area is 140 Å². The summed E-state index contributed by atoms with van der Waals surface area (Å²) in [4.78, 5) is 21.2. The minimum atomic E-state index is -3.10. The van der Waals surface area contributed by atoms with Crippen LogP contribution in [0.3, 0.4) is 0 Å². The first-order valence-electron chi connectivity index (χ1n) is 7.51. The van der Waals surface area contributed by atoms with Crippen LogP contribution in [-0.4, -0.2) is 52.1 Å². The van der Waals surface area contributed by atoms with Crippen molar-refractivity contribution in [1.82, 2.24) is 20.0 Å². The Hall–Kier alpha value is -2.49. The van der Waals surface area contributed by atoms with Gasteiger partial charge in [0.25, 0.3) is 11.8 Å². The van der Waals surface area contributed by atoms with Crippen molar-refractivity contribution in [1.29, 1.82) is 0 Å². The number of rotatable bonds is 5. The number of aromatic nitrogens is 3. The molecule has 1 aliphatic rings. The zero-order valence-electron chi connectivity index (χ0n) is 13.3. The van der Waals surface area contributed by atoms with E-state index in [1.54, 1.807) is 0 Å². The molecular weight excluding hydrogens is 341 g/mol. The van der Waals surface area contributed by atoms with Gasteiger partial charge in [0, 0.05) is 20.0 Å². The molecule has 1 amide bonds. The molecule has 1 fully saturated rings. The third-order valence-electron chi connectivity index (χ3n) is 3.78. The second kappa shape index (κ2) is 6.79. The number of alkyl halides is 2. The Morgan fingerprint density at radius 3 is 2.96 bits per heavy atom. The number of hydrogen-bond acceptors (Lipinski definition) is 6. The Morgan fingerprint density at radius 1 is 1.48 bits per heavy atom. The number of hydrogen-bond donors (Lipinski definition) is 0. The molecule has 0 N–H and O–H groups in total. The quantitative estimate of drug-likeness (QED) is 0.815. The van der Waals surface area contributed by atoms with Crippen molar-refractivity contribution in [2.24, 2.45) is 0 Å². The van der Waals surface area contributed by atoms with Gasteiger partial charge >= 0.3 is 0 Å². The van der Waals surface area contributed by atoms with Gasteiger partial charge in [0.2, 0.25) is 5.89 Å². The average molecular weight is 356 g/mol. The van der Waals surface area contributed by atoms with Crippen molar-refractivity contribution in [2.45, 2.75) is 24.8 Å². The summed E-state index contributed by atoms with van der Waals surface area (Å²) >= 11 is 0. The van der Waals surface area contributed by atoms with Crippen molar-refractivity contribution >= 4 is 5.91 Å². The number of pyridine rings is 1. The van der Waals surface area contributed by atoms with E-state index >= 15 is 0 Å². The topological polar surface area (TPSA) is 81.4 Å². The summed E-state index contributed by atoms with van der Waals surface area (Å²) in [6.07, 6.45) is 0.578. The molecule has 0 radical (unpaired) electrons. The van der Waals surface area contributed by atoms with Gasteiger partial charge in [0.15, 0.2) is 5.82 Å². The number of likely N-dealkylation sites (tertiary alicyclic amines) is 1. The molecule has 0 unspecified atom stereocenters. The summed E-state index contributed by atoms with van der Waals surface area (Å²) < 4.78 is 50.7. The van der Waals surface area contributed by atoms with Crippen LogP contribution >= 0.6 is 0 Å². The van der Waals surface area contributed by atoms with Gasteiger partial charge in [-0.25, -0.2) is 18.2 Å². The van der Waals surface area contributed by atoms with Gasteiger partial charge in [0.1, 0.15) is 17.6 Å². The number of carbonyl (C=O) groups is 1. The second-order valence-corrected chi connectivity index (χ2v) is 5.66. The monoisotopic (exact) mass is 356 g/mol. The fourth-order valence-corrected chi connectivity index (χ4v) is 2.60. The van der Waals surface area contributed by atoms with E-state index in [0.717, 1.165) is 23.2 Å². The summed E-state index contributed by atoms with van der Waals surface area (Å²) in [5.41, 5.74) is -0.136. The van der Waals surface area contributed by atoms with Crippen molar-refractivity contribution in [3.05, 3.63) is 41.6 Å². The molecule has 3 heterocycles. The zero-order chi connectivity index (χ0) is 18.0. The predicted octanol–water partition coefficient (Wildman–Crippen LogP) is 2.02. The number of halogens is 3. The Bertz CT molecular complexity index is 751. The molecule has 25 heavy (non-hydrogen) atoms. The van der Waals surface area contributed by atoms with Gasteiger partial charge in [-0.3, -0.25) is 4.79 Å². The lowest BCUT2D eigenvalue weighted by Gasteiger charge is -2.20. The van der Waals surface area contributed by atoms with E-state index in [-0.39, 0.29) is 11.6 Å². The fraction of sp³-hybridized carbons (Fsp3) is 0.467. The fourth-order valence-electron chi connectivity index (χ4n) is 2.60. The van der Waals surface area contributed by atoms with Gasteiger partial charge in [-0.05, 0) is 12.1 Å². The Morgan fingerprint density at radius 2 is 2.28 bits per heavy atom. The molecule has 0 bridgehead atoms. The van der Waals surface area contributed by atoms with E-state index in [2.05, 4.69) is 15.1 Å². The third kappa shape index (κ3) is 3.78. The molecule has 0 saturated carbocycles. The molecule has 3 rings (SSSR count). The normalized spacial score (nSPS) is 19.4. The van der Waals surface area contributed by atoms with Crippen LogP contribution in [0.2, 0.25) is 0 Å². The first kappa shape index (κ1) is 17.3. The highest BCUT2D eigenvalue weighted by molar-refractivity contribution is 5.92. The lowest BCUT2D eigenvalue weighted by atomic mass is 10.2. The van der Waals surface area contributed by atoms with Crippen LogP contribution in [0.1, 0.15) is 34.7 Å². The molecule has 2 aromatic rings.